The number of ether oxygens (including phenoxy) is 1. The first-order valence-electron chi connectivity index (χ1n) is 5.46. The Bertz CT molecular complexity index is 365. The number of aromatic nitrogens is 1. The van der Waals surface area contributed by atoms with Crippen molar-refractivity contribution in [1.82, 2.24) is 10.3 Å². The van der Waals surface area contributed by atoms with Gasteiger partial charge in [0.1, 0.15) is 0 Å². The second kappa shape index (κ2) is 7.38. The SMILES string of the molecule is COC(=O)CCC(=O)NCCc1ccccn1. The summed E-state index contributed by atoms with van der Waals surface area (Å²) in [5, 5.41) is 2.72. The quantitative estimate of drug-likeness (QED) is 0.738. The van der Waals surface area contributed by atoms with E-state index in [1.54, 1.807) is 6.20 Å². The van der Waals surface area contributed by atoms with E-state index in [2.05, 4.69) is 15.0 Å². The summed E-state index contributed by atoms with van der Waals surface area (Å²) in [5.74, 6) is -0.517. The van der Waals surface area contributed by atoms with E-state index in [9.17, 15) is 9.59 Å². The van der Waals surface area contributed by atoms with E-state index in [-0.39, 0.29) is 24.7 Å². The number of hydrogen-bond acceptors (Lipinski definition) is 4. The number of carbonyl (C=O) groups is 2. The molecule has 0 spiro atoms. The fraction of sp³-hybridized carbons (Fsp3) is 0.417. The highest BCUT2D eigenvalue weighted by Gasteiger charge is 2.05. The maximum atomic E-state index is 11.3. The summed E-state index contributed by atoms with van der Waals surface area (Å²) in [4.78, 5) is 26.3. The van der Waals surface area contributed by atoms with Crippen molar-refractivity contribution >= 4 is 11.9 Å². The molecule has 1 heterocycles. The Hall–Kier alpha value is -1.91. The zero-order chi connectivity index (χ0) is 12.5. The van der Waals surface area contributed by atoms with E-state index < -0.39 is 0 Å². The van der Waals surface area contributed by atoms with Gasteiger partial charge in [0, 0.05) is 31.3 Å². The summed E-state index contributed by atoms with van der Waals surface area (Å²) >= 11 is 0. The van der Waals surface area contributed by atoms with E-state index >= 15 is 0 Å². The number of rotatable bonds is 6. The highest BCUT2D eigenvalue weighted by atomic mass is 16.5. The van der Waals surface area contributed by atoms with E-state index in [1.165, 1.54) is 7.11 Å². The van der Waals surface area contributed by atoms with Crippen LogP contribution in [0, 0.1) is 0 Å². The molecular weight excluding hydrogens is 220 g/mol. The first-order chi connectivity index (χ1) is 8.22. The first-order valence-corrected chi connectivity index (χ1v) is 5.46. The van der Waals surface area contributed by atoms with Crippen molar-refractivity contribution < 1.29 is 14.3 Å². The Balaban J connectivity index is 2.14. The number of methoxy groups -OCH3 is 1. The van der Waals surface area contributed by atoms with E-state index in [1.807, 2.05) is 18.2 Å². The lowest BCUT2D eigenvalue weighted by atomic mass is 10.2. The maximum absolute atomic E-state index is 11.3. The van der Waals surface area contributed by atoms with Crippen LogP contribution in [0.2, 0.25) is 0 Å². The molecule has 92 valence electrons. The number of carbonyl (C=O) groups excluding carboxylic acids is 2. The normalized spacial score (nSPS) is 9.71. The molecule has 0 aromatic carbocycles. The summed E-state index contributed by atoms with van der Waals surface area (Å²) in [6.45, 7) is 0.525. The van der Waals surface area contributed by atoms with Crippen molar-refractivity contribution in [1.29, 1.82) is 0 Å². The average molecular weight is 236 g/mol. The van der Waals surface area contributed by atoms with E-state index in [4.69, 9.17) is 0 Å². The molecule has 1 aromatic heterocycles. The van der Waals surface area contributed by atoms with Gasteiger partial charge < -0.3 is 10.1 Å². The van der Waals surface area contributed by atoms with Gasteiger partial charge in [0.25, 0.3) is 0 Å². The van der Waals surface area contributed by atoms with Crippen molar-refractivity contribution in [2.75, 3.05) is 13.7 Å². The minimum absolute atomic E-state index is 0.117. The van der Waals surface area contributed by atoms with Gasteiger partial charge in [0.05, 0.1) is 13.5 Å². The summed E-state index contributed by atoms with van der Waals surface area (Å²) < 4.78 is 4.45. The Kier molecular flexibility index (Phi) is 5.71. The molecular formula is C12H16N2O3. The fourth-order valence-corrected chi connectivity index (χ4v) is 1.28. The minimum atomic E-state index is -0.370. The molecule has 0 aliphatic heterocycles. The summed E-state index contributed by atoms with van der Waals surface area (Å²) in [5.41, 5.74) is 0.931. The van der Waals surface area contributed by atoms with Crippen LogP contribution in [0.25, 0.3) is 0 Å². The topological polar surface area (TPSA) is 68.3 Å². The van der Waals surface area contributed by atoms with E-state index in [0.29, 0.717) is 13.0 Å². The van der Waals surface area contributed by atoms with Gasteiger partial charge in [-0.2, -0.15) is 0 Å². The molecule has 0 aliphatic carbocycles. The predicted molar refractivity (Wildman–Crippen MR) is 62.2 cm³/mol. The molecule has 0 radical (unpaired) electrons. The number of nitrogens with one attached hydrogen (secondary N) is 1. The number of nitrogens with zero attached hydrogens (tertiary/aromatic N) is 1. The fourth-order valence-electron chi connectivity index (χ4n) is 1.28. The highest BCUT2D eigenvalue weighted by Crippen LogP contribution is 1.94. The van der Waals surface area contributed by atoms with Crippen molar-refractivity contribution in [3.63, 3.8) is 0 Å². The maximum Gasteiger partial charge on any atom is 0.306 e. The molecule has 0 fully saturated rings. The molecule has 0 saturated heterocycles. The summed E-state index contributed by atoms with van der Waals surface area (Å²) in [6.07, 6.45) is 2.68. The van der Waals surface area contributed by atoms with Crippen LogP contribution in [0.3, 0.4) is 0 Å². The molecule has 1 rings (SSSR count). The molecule has 17 heavy (non-hydrogen) atoms. The zero-order valence-corrected chi connectivity index (χ0v) is 9.81. The Labute approximate surface area is 100 Å². The van der Waals surface area contributed by atoms with Crippen molar-refractivity contribution in [2.45, 2.75) is 19.3 Å². The number of pyridine rings is 1. The van der Waals surface area contributed by atoms with Crippen LogP contribution in [-0.2, 0) is 20.7 Å². The second-order valence-electron chi connectivity index (χ2n) is 3.50. The van der Waals surface area contributed by atoms with Gasteiger partial charge >= 0.3 is 5.97 Å². The Morgan fingerprint density at radius 2 is 2.18 bits per heavy atom. The molecule has 0 unspecified atom stereocenters. The van der Waals surface area contributed by atoms with Crippen LogP contribution in [0.1, 0.15) is 18.5 Å². The average Bonchev–Trinajstić information content (AvgIpc) is 2.37. The molecule has 5 nitrogen and oxygen atoms in total. The molecule has 5 heteroatoms. The van der Waals surface area contributed by atoms with Crippen LogP contribution >= 0.6 is 0 Å². The van der Waals surface area contributed by atoms with Gasteiger partial charge in [-0.1, -0.05) is 6.07 Å². The molecule has 1 amide bonds. The van der Waals surface area contributed by atoms with Crippen LogP contribution in [0.4, 0.5) is 0 Å². The minimum Gasteiger partial charge on any atom is -0.469 e. The van der Waals surface area contributed by atoms with Crippen molar-refractivity contribution in [2.24, 2.45) is 0 Å². The number of hydrogen-bond donors (Lipinski definition) is 1. The lowest BCUT2D eigenvalue weighted by Gasteiger charge is -2.04. The van der Waals surface area contributed by atoms with Gasteiger partial charge in [-0.15, -0.1) is 0 Å². The monoisotopic (exact) mass is 236 g/mol. The molecule has 1 N–H and O–H groups in total. The van der Waals surface area contributed by atoms with Gasteiger partial charge in [0.15, 0.2) is 0 Å². The number of esters is 1. The Morgan fingerprint density at radius 1 is 1.35 bits per heavy atom. The predicted octanol–water partition coefficient (Wildman–Crippen LogP) is 0.693. The molecule has 0 bridgehead atoms. The molecule has 0 saturated carbocycles. The first kappa shape index (κ1) is 13.2. The van der Waals surface area contributed by atoms with Gasteiger partial charge in [-0.3, -0.25) is 14.6 Å². The zero-order valence-electron chi connectivity index (χ0n) is 9.81. The lowest BCUT2D eigenvalue weighted by molar-refractivity contribution is -0.142. The Morgan fingerprint density at radius 3 is 2.82 bits per heavy atom. The third-order valence-electron chi connectivity index (χ3n) is 2.21. The molecule has 0 atom stereocenters. The van der Waals surface area contributed by atoms with Gasteiger partial charge in [-0.25, -0.2) is 0 Å². The van der Waals surface area contributed by atoms with Gasteiger partial charge in [0.2, 0.25) is 5.91 Å². The van der Waals surface area contributed by atoms with Crippen LogP contribution in [-0.4, -0.2) is 30.5 Å². The third-order valence-corrected chi connectivity index (χ3v) is 2.21. The summed E-state index contributed by atoms with van der Waals surface area (Å²) in [6, 6.07) is 5.65. The number of amides is 1. The summed E-state index contributed by atoms with van der Waals surface area (Å²) in [7, 11) is 1.31. The van der Waals surface area contributed by atoms with Crippen molar-refractivity contribution in [3.8, 4) is 0 Å². The standard InChI is InChI=1S/C12H16N2O3/c1-17-12(16)6-5-11(15)14-9-7-10-4-2-3-8-13-10/h2-4,8H,5-7,9H2,1H3,(H,14,15). The van der Waals surface area contributed by atoms with E-state index in [0.717, 1.165) is 5.69 Å². The van der Waals surface area contributed by atoms with Crippen LogP contribution in [0.15, 0.2) is 24.4 Å². The highest BCUT2D eigenvalue weighted by molar-refractivity contribution is 5.81. The van der Waals surface area contributed by atoms with Crippen molar-refractivity contribution in [3.05, 3.63) is 30.1 Å². The third kappa shape index (κ3) is 5.65. The molecule has 1 aromatic rings. The van der Waals surface area contributed by atoms with Crippen LogP contribution < -0.4 is 5.32 Å². The largest absolute Gasteiger partial charge is 0.469 e. The lowest BCUT2D eigenvalue weighted by Crippen LogP contribution is -2.26. The smallest absolute Gasteiger partial charge is 0.306 e. The van der Waals surface area contributed by atoms with Crippen LogP contribution in [0.5, 0.6) is 0 Å². The second-order valence-corrected chi connectivity index (χ2v) is 3.50. The van der Waals surface area contributed by atoms with Gasteiger partial charge in [-0.05, 0) is 12.1 Å². The molecule has 0 aliphatic rings.